The van der Waals surface area contributed by atoms with Gasteiger partial charge >= 0.3 is 0 Å². The molecule has 1 aliphatic carbocycles. The summed E-state index contributed by atoms with van der Waals surface area (Å²) in [5, 5.41) is 0. The fraction of sp³-hybridized carbons (Fsp3) is 0.750. The van der Waals surface area contributed by atoms with Gasteiger partial charge in [-0.05, 0) is 31.6 Å². The van der Waals surface area contributed by atoms with Gasteiger partial charge in [-0.3, -0.25) is 0 Å². The number of nitrogen functional groups attached to an aromatic ring is 1. The summed E-state index contributed by atoms with van der Waals surface area (Å²) in [5.41, 5.74) is 5.93. The van der Waals surface area contributed by atoms with Gasteiger partial charge in [0.15, 0.2) is 0 Å². The Balaban J connectivity index is 2.11. The van der Waals surface area contributed by atoms with Gasteiger partial charge in [-0.15, -0.1) is 0 Å². The maximum Gasteiger partial charge on any atom is 0.135 e. The molecule has 1 aliphatic rings. The number of aromatic nitrogens is 2. The Morgan fingerprint density at radius 1 is 1.25 bits per heavy atom. The average molecular weight is 276 g/mol. The molecule has 0 amide bonds. The number of rotatable bonds is 4. The molecule has 0 radical (unpaired) electrons. The molecule has 2 N–H and O–H groups in total. The zero-order valence-electron chi connectivity index (χ0n) is 13.3. The van der Waals surface area contributed by atoms with Crippen LogP contribution in [0.5, 0.6) is 0 Å². The molecule has 0 aromatic carbocycles. The van der Waals surface area contributed by atoms with E-state index >= 15 is 0 Å². The highest BCUT2D eigenvalue weighted by molar-refractivity contribution is 5.47. The fourth-order valence-electron chi connectivity index (χ4n) is 3.04. The van der Waals surface area contributed by atoms with Crippen LogP contribution < -0.4 is 10.6 Å². The molecule has 0 spiro atoms. The molecule has 4 heteroatoms. The lowest BCUT2D eigenvalue weighted by molar-refractivity contribution is 0.313. The second-order valence-electron chi connectivity index (χ2n) is 6.36. The molecule has 1 heterocycles. The van der Waals surface area contributed by atoms with Gasteiger partial charge in [0, 0.05) is 25.1 Å². The van der Waals surface area contributed by atoms with Crippen molar-refractivity contribution in [3.8, 4) is 0 Å². The van der Waals surface area contributed by atoms with Gasteiger partial charge in [0.2, 0.25) is 0 Å². The molecule has 20 heavy (non-hydrogen) atoms. The molecule has 1 aromatic heterocycles. The molecule has 1 aromatic rings. The van der Waals surface area contributed by atoms with Gasteiger partial charge < -0.3 is 10.6 Å². The molecule has 0 bridgehead atoms. The molecular weight excluding hydrogens is 248 g/mol. The molecule has 0 aliphatic heterocycles. The highest BCUT2D eigenvalue weighted by atomic mass is 15.2. The lowest BCUT2D eigenvalue weighted by atomic mass is 9.84. The monoisotopic (exact) mass is 276 g/mol. The van der Waals surface area contributed by atoms with E-state index in [9.17, 15) is 0 Å². The van der Waals surface area contributed by atoms with E-state index in [0.29, 0.717) is 17.8 Å². The molecule has 4 nitrogen and oxygen atoms in total. The number of anilines is 2. The van der Waals surface area contributed by atoms with Gasteiger partial charge in [-0.1, -0.05) is 27.2 Å². The first-order valence-electron chi connectivity index (χ1n) is 7.88. The topological polar surface area (TPSA) is 55.0 Å². The maximum atomic E-state index is 5.93. The number of nitrogens with zero attached hydrogens (tertiary/aromatic N) is 3. The summed E-state index contributed by atoms with van der Waals surface area (Å²) in [7, 11) is 2.14. The van der Waals surface area contributed by atoms with Gasteiger partial charge in [0.05, 0.1) is 0 Å². The second kappa shape index (κ2) is 6.42. The molecule has 2 rings (SSSR count). The zero-order chi connectivity index (χ0) is 14.7. The molecule has 0 atom stereocenters. The van der Waals surface area contributed by atoms with Crippen LogP contribution in [-0.2, 0) is 0 Å². The predicted molar refractivity (Wildman–Crippen MR) is 85.0 cm³/mol. The normalized spacial score (nSPS) is 23.1. The van der Waals surface area contributed by atoms with Crippen LogP contribution in [0, 0.1) is 5.92 Å². The van der Waals surface area contributed by atoms with Gasteiger partial charge in [-0.2, -0.15) is 0 Å². The summed E-state index contributed by atoms with van der Waals surface area (Å²) in [6.45, 7) is 6.50. The minimum Gasteiger partial charge on any atom is -0.384 e. The lowest BCUT2D eigenvalue weighted by Gasteiger charge is -2.35. The summed E-state index contributed by atoms with van der Waals surface area (Å²) >= 11 is 0. The number of hydrogen-bond donors (Lipinski definition) is 1. The van der Waals surface area contributed by atoms with Crippen LogP contribution in [0.2, 0.25) is 0 Å². The van der Waals surface area contributed by atoms with Crippen molar-refractivity contribution < 1.29 is 0 Å². The van der Waals surface area contributed by atoms with E-state index in [0.717, 1.165) is 17.6 Å². The summed E-state index contributed by atoms with van der Waals surface area (Å²) < 4.78 is 0. The van der Waals surface area contributed by atoms with Crippen molar-refractivity contribution >= 4 is 11.6 Å². The van der Waals surface area contributed by atoms with Crippen LogP contribution in [0.15, 0.2) is 6.07 Å². The van der Waals surface area contributed by atoms with Crippen molar-refractivity contribution in [2.45, 2.75) is 64.8 Å². The first-order valence-corrected chi connectivity index (χ1v) is 7.88. The van der Waals surface area contributed by atoms with E-state index < -0.39 is 0 Å². The van der Waals surface area contributed by atoms with E-state index in [4.69, 9.17) is 5.73 Å². The van der Waals surface area contributed by atoms with Crippen LogP contribution in [0.1, 0.15) is 64.6 Å². The largest absolute Gasteiger partial charge is 0.384 e. The Kier molecular flexibility index (Phi) is 4.84. The van der Waals surface area contributed by atoms with Crippen molar-refractivity contribution in [2.24, 2.45) is 5.92 Å². The van der Waals surface area contributed by atoms with Crippen LogP contribution >= 0.6 is 0 Å². The Morgan fingerprint density at radius 2 is 1.90 bits per heavy atom. The lowest BCUT2D eigenvalue weighted by Crippen LogP contribution is -2.36. The molecular formula is C16H28N4. The van der Waals surface area contributed by atoms with Crippen molar-refractivity contribution in [1.82, 2.24) is 9.97 Å². The summed E-state index contributed by atoms with van der Waals surface area (Å²) in [5.74, 6) is 3.62. The van der Waals surface area contributed by atoms with E-state index in [-0.39, 0.29) is 0 Å². The third-order valence-electron chi connectivity index (χ3n) is 4.57. The highest BCUT2D eigenvalue weighted by Gasteiger charge is 2.24. The van der Waals surface area contributed by atoms with E-state index in [1.165, 1.54) is 32.1 Å². The minimum atomic E-state index is 0.307. The number of hydrogen-bond acceptors (Lipinski definition) is 4. The number of nitrogens with two attached hydrogens (primary N) is 1. The Bertz CT molecular complexity index is 436. The Morgan fingerprint density at radius 3 is 2.45 bits per heavy atom. The van der Waals surface area contributed by atoms with Crippen LogP contribution in [0.4, 0.5) is 11.6 Å². The minimum absolute atomic E-state index is 0.307. The zero-order valence-corrected chi connectivity index (χ0v) is 13.3. The molecule has 0 unspecified atom stereocenters. The summed E-state index contributed by atoms with van der Waals surface area (Å²) in [6.07, 6.45) is 6.51. The highest BCUT2D eigenvalue weighted by Crippen LogP contribution is 2.31. The first-order chi connectivity index (χ1) is 9.51. The standard InChI is InChI=1S/C16H28N4/c1-5-12-6-8-13(9-7-12)20(4)15-10-14(17)18-16(19-15)11(2)3/h10-13H,5-9H2,1-4H3,(H2,17,18,19). The van der Waals surface area contributed by atoms with Crippen molar-refractivity contribution in [1.29, 1.82) is 0 Å². The van der Waals surface area contributed by atoms with Gasteiger partial charge in [-0.25, -0.2) is 9.97 Å². The molecule has 1 fully saturated rings. The quantitative estimate of drug-likeness (QED) is 0.913. The van der Waals surface area contributed by atoms with Crippen LogP contribution in [0.25, 0.3) is 0 Å². The summed E-state index contributed by atoms with van der Waals surface area (Å²) in [4.78, 5) is 11.3. The van der Waals surface area contributed by atoms with Gasteiger partial charge in [0.1, 0.15) is 17.5 Å². The van der Waals surface area contributed by atoms with Crippen molar-refractivity contribution in [3.63, 3.8) is 0 Å². The smallest absolute Gasteiger partial charge is 0.135 e. The fourth-order valence-corrected chi connectivity index (χ4v) is 3.04. The third-order valence-corrected chi connectivity index (χ3v) is 4.57. The van der Waals surface area contributed by atoms with Crippen molar-refractivity contribution in [3.05, 3.63) is 11.9 Å². The Hall–Kier alpha value is -1.32. The molecule has 112 valence electrons. The Labute approximate surface area is 122 Å². The van der Waals surface area contributed by atoms with Crippen LogP contribution in [-0.4, -0.2) is 23.1 Å². The average Bonchev–Trinajstić information content (AvgIpc) is 2.46. The van der Waals surface area contributed by atoms with Crippen molar-refractivity contribution in [2.75, 3.05) is 17.7 Å². The van der Waals surface area contributed by atoms with Gasteiger partial charge in [0.25, 0.3) is 0 Å². The van der Waals surface area contributed by atoms with E-state index in [1.54, 1.807) is 0 Å². The van der Waals surface area contributed by atoms with Crippen LogP contribution in [0.3, 0.4) is 0 Å². The molecule has 0 saturated heterocycles. The second-order valence-corrected chi connectivity index (χ2v) is 6.36. The third kappa shape index (κ3) is 3.41. The van der Waals surface area contributed by atoms with E-state index in [1.807, 2.05) is 6.07 Å². The maximum absolute atomic E-state index is 5.93. The summed E-state index contributed by atoms with van der Waals surface area (Å²) in [6, 6.07) is 2.49. The first kappa shape index (κ1) is 15.1. The SMILES string of the molecule is CCC1CCC(N(C)c2cc(N)nc(C(C)C)n2)CC1. The molecule has 1 saturated carbocycles. The predicted octanol–water partition coefficient (Wildman–Crippen LogP) is 3.59. The van der Waals surface area contributed by atoms with E-state index in [2.05, 4.69) is 42.7 Å².